The molecule has 0 aliphatic carbocycles. The van der Waals surface area contributed by atoms with E-state index in [4.69, 9.17) is 4.74 Å². The van der Waals surface area contributed by atoms with Crippen LogP contribution in [0, 0.1) is 0 Å². The number of carbonyl (C=O) groups is 1. The van der Waals surface area contributed by atoms with Crippen LogP contribution in [0.1, 0.15) is 16.1 Å². The Kier molecular flexibility index (Phi) is 6.12. The Hall–Kier alpha value is -4.30. The number of ether oxygens (including phenoxy) is 1. The summed E-state index contributed by atoms with van der Waals surface area (Å²) >= 11 is 1.33. The van der Waals surface area contributed by atoms with Crippen molar-refractivity contribution in [3.05, 3.63) is 99.9 Å². The lowest BCUT2D eigenvalue weighted by molar-refractivity contribution is 0.0591. The lowest BCUT2D eigenvalue weighted by Gasteiger charge is -2.17. The van der Waals surface area contributed by atoms with Crippen LogP contribution in [-0.2, 0) is 17.7 Å². The zero-order valence-electron chi connectivity index (χ0n) is 18.8. The van der Waals surface area contributed by atoms with Crippen molar-refractivity contribution >= 4 is 28.2 Å². The first-order valence-corrected chi connectivity index (χ1v) is 11.8. The lowest BCUT2D eigenvalue weighted by atomic mass is 10.0. The maximum atomic E-state index is 13.9. The lowest BCUT2D eigenvalue weighted by Crippen LogP contribution is -2.24. The highest BCUT2D eigenvalue weighted by Crippen LogP contribution is 2.37. The van der Waals surface area contributed by atoms with E-state index in [1.807, 2.05) is 60.7 Å². The van der Waals surface area contributed by atoms with Gasteiger partial charge in [-0.2, -0.15) is 0 Å². The van der Waals surface area contributed by atoms with Gasteiger partial charge < -0.3 is 14.4 Å². The molecule has 174 valence electrons. The molecule has 8 heteroatoms. The fourth-order valence-corrected chi connectivity index (χ4v) is 4.73. The number of carbonyl (C=O) groups excluding carboxylic acids is 1. The Bertz CT molecular complexity index is 1560. The number of benzene rings is 2. The van der Waals surface area contributed by atoms with Gasteiger partial charge in [0.25, 0.3) is 5.56 Å². The van der Waals surface area contributed by atoms with Crippen LogP contribution in [0.25, 0.3) is 32.7 Å². The molecule has 3 aromatic heterocycles. The van der Waals surface area contributed by atoms with Crippen molar-refractivity contribution in [2.24, 2.45) is 0 Å². The third-order valence-corrected chi connectivity index (χ3v) is 6.56. The van der Waals surface area contributed by atoms with Gasteiger partial charge in [-0.3, -0.25) is 4.79 Å². The van der Waals surface area contributed by atoms with E-state index in [-0.39, 0.29) is 17.0 Å². The molecule has 0 saturated carbocycles. The Morgan fingerprint density at radius 2 is 1.80 bits per heavy atom. The zero-order chi connectivity index (χ0) is 24.4. The number of fused-ring (bicyclic) bond motifs is 1. The van der Waals surface area contributed by atoms with Gasteiger partial charge in [0.15, 0.2) is 11.4 Å². The molecule has 0 spiro atoms. The molecular formula is C27H21N3O4S. The largest absolute Gasteiger partial charge is 0.505 e. The Morgan fingerprint density at radius 1 is 1.09 bits per heavy atom. The summed E-state index contributed by atoms with van der Waals surface area (Å²) in [6, 6.07) is 20.7. The van der Waals surface area contributed by atoms with Crippen LogP contribution >= 0.6 is 11.3 Å². The molecule has 0 atom stereocenters. The molecule has 0 aliphatic rings. The van der Waals surface area contributed by atoms with Crippen molar-refractivity contribution in [2.75, 3.05) is 7.11 Å². The molecule has 0 aliphatic heterocycles. The quantitative estimate of drug-likeness (QED) is 0.345. The summed E-state index contributed by atoms with van der Waals surface area (Å²) in [4.78, 5) is 35.2. The van der Waals surface area contributed by atoms with Crippen LogP contribution in [0.5, 0.6) is 5.75 Å². The highest BCUT2D eigenvalue weighted by atomic mass is 32.1. The Labute approximate surface area is 204 Å². The molecule has 5 rings (SSSR count). The minimum Gasteiger partial charge on any atom is -0.505 e. The van der Waals surface area contributed by atoms with Crippen molar-refractivity contribution in [3.8, 4) is 27.6 Å². The summed E-state index contributed by atoms with van der Waals surface area (Å²) in [6.07, 6.45) is 2.22. The third-order valence-electron chi connectivity index (χ3n) is 5.78. The molecular weight excluding hydrogens is 462 g/mol. The van der Waals surface area contributed by atoms with Gasteiger partial charge in [0.05, 0.1) is 12.6 Å². The SMILES string of the molecule is COC(=O)c1nc(-c2nccs2)c2c(cc(-c3ccccc3)c(=O)n2CCc2ccccc2)c1O. The van der Waals surface area contributed by atoms with E-state index in [1.54, 1.807) is 22.2 Å². The van der Waals surface area contributed by atoms with Crippen molar-refractivity contribution < 1.29 is 14.6 Å². The Morgan fingerprint density at radius 3 is 2.46 bits per heavy atom. The molecule has 3 heterocycles. The van der Waals surface area contributed by atoms with Gasteiger partial charge in [0.2, 0.25) is 0 Å². The number of esters is 1. The molecule has 0 unspecified atom stereocenters. The molecule has 0 amide bonds. The average molecular weight is 484 g/mol. The van der Waals surface area contributed by atoms with Gasteiger partial charge in [0, 0.05) is 29.1 Å². The number of thiazole rings is 1. The number of rotatable bonds is 6. The molecule has 0 bridgehead atoms. The monoisotopic (exact) mass is 483 g/mol. The molecule has 0 fully saturated rings. The number of hydrogen-bond acceptors (Lipinski definition) is 7. The number of methoxy groups -OCH3 is 1. The van der Waals surface area contributed by atoms with Crippen LogP contribution in [0.2, 0.25) is 0 Å². The summed E-state index contributed by atoms with van der Waals surface area (Å²) in [5.74, 6) is -1.11. The second-order valence-electron chi connectivity index (χ2n) is 7.87. The van der Waals surface area contributed by atoms with E-state index in [0.717, 1.165) is 5.56 Å². The molecule has 35 heavy (non-hydrogen) atoms. The van der Waals surface area contributed by atoms with Gasteiger partial charge in [-0.25, -0.2) is 14.8 Å². The summed E-state index contributed by atoms with van der Waals surface area (Å²) in [6.45, 7) is 0.344. The highest BCUT2D eigenvalue weighted by Gasteiger charge is 2.25. The van der Waals surface area contributed by atoms with E-state index < -0.39 is 5.97 Å². The molecule has 5 aromatic rings. The minimum absolute atomic E-state index is 0.218. The standard InChI is InChI=1S/C27H21N3O4S/c1-34-27(33)22-24(31)20-16-19(18-10-6-3-7-11-18)26(32)30(14-12-17-8-4-2-5-9-17)23(20)21(29-22)25-28-13-15-35-25/h2-11,13,15-16,31H,12,14H2,1H3. The van der Waals surface area contributed by atoms with Gasteiger partial charge in [0.1, 0.15) is 10.7 Å². The molecule has 0 radical (unpaired) electrons. The molecule has 1 N–H and O–H groups in total. The van der Waals surface area contributed by atoms with Gasteiger partial charge in [-0.1, -0.05) is 60.7 Å². The maximum Gasteiger partial charge on any atom is 0.360 e. The van der Waals surface area contributed by atoms with Gasteiger partial charge in [-0.15, -0.1) is 11.3 Å². The first-order chi connectivity index (χ1) is 17.1. The van der Waals surface area contributed by atoms with Gasteiger partial charge >= 0.3 is 5.97 Å². The summed E-state index contributed by atoms with van der Waals surface area (Å²) in [5, 5.41) is 13.8. The molecule has 0 saturated heterocycles. The summed E-state index contributed by atoms with van der Waals surface area (Å²) in [7, 11) is 1.23. The van der Waals surface area contributed by atoms with Crippen molar-refractivity contribution in [1.29, 1.82) is 0 Å². The van der Waals surface area contributed by atoms with Crippen molar-refractivity contribution in [2.45, 2.75) is 13.0 Å². The third kappa shape index (κ3) is 4.20. The summed E-state index contributed by atoms with van der Waals surface area (Å²) in [5.41, 5.74) is 2.51. The number of aromatic nitrogens is 3. The number of nitrogens with zero attached hydrogens (tertiary/aromatic N) is 3. The highest BCUT2D eigenvalue weighted by molar-refractivity contribution is 7.13. The predicted molar refractivity (Wildman–Crippen MR) is 136 cm³/mol. The smallest absolute Gasteiger partial charge is 0.360 e. The average Bonchev–Trinajstić information content (AvgIpc) is 3.44. The summed E-state index contributed by atoms with van der Waals surface area (Å²) < 4.78 is 6.49. The fraction of sp³-hybridized carbons (Fsp3) is 0.111. The maximum absolute atomic E-state index is 13.9. The Balaban J connectivity index is 1.85. The van der Waals surface area contributed by atoms with Crippen molar-refractivity contribution in [3.63, 3.8) is 0 Å². The number of aromatic hydroxyl groups is 1. The van der Waals surface area contributed by atoms with E-state index in [2.05, 4.69) is 9.97 Å². The second kappa shape index (κ2) is 9.52. The van der Waals surface area contributed by atoms with Crippen LogP contribution < -0.4 is 5.56 Å². The minimum atomic E-state index is -0.773. The number of aryl methyl sites for hydroxylation is 2. The topological polar surface area (TPSA) is 94.3 Å². The van der Waals surface area contributed by atoms with E-state index in [0.29, 0.717) is 45.7 Å². The van der Waals surface area contributed by atoms with E-state index in [1.165, 1.54) is 18.4 Å². The van der Waals surface area contributed by atoms with Gasteiger partial charge in [-0.05, 0) is 23.6 Å². The van der Waals surface area contributed by atoms with Crippen LogP contribution in [0.15, 0.2) is 83.1 Å². The second-order valence-corrected chi connectivity index (χ2v) is 8.76. The first kappa shape index (κ1) is 22.5. The first-order valence-electron chi connectivity index (χ1n) is 11.0. The van der Waals surface area contributed by atoms with Crippen LogP contribution in [0.3, 0.4) is 0 Å². The normalized spacial score (nSPS) is 11.0. The molecule has 2 aromatic carbocycles. The zero-order valence-corrected chi connectivity index (χ0v) is 19.7. The number of pyridine rings is 2. The van der Waals surface area contributed by atoms with Crippen molar-refractivity contribution in [1.82, 2.24) is 14.5 Å². The predicted octanol–water partition coefficient (Wildman–Crippen LogP) is 4.92. The fourth-order valence-electron chi connectivity index (χ4n) is 4.10. The number of hydrogen-bond donors (Lipinski definition) is 1. The van der Waals surface area contributed by atoms with E-state index >= 15 is 0 Å². The van der Waals surface area contributed by atoms with Crippen LogP contribution in [-0.4, -0.2) is 32.7 Å². The van der Waals surface area contributed by atoms with Crippen LogP contribution in [0.4, 0.5) is 0 Å². The van der Waals surface area contributed by atoms with E-state index in [9.17, 15) is 14.7 Å². The molecule has 7 nitrogen and oxygen atoms in total.